The number of benzene rings is 1. The molecule has 0 bridgehead atoms. The summed E-state index contributed by atoms with van der Waals surface area (Å²) < 4.78 is 87.0. The van der Waals surface area contributed by atoms with Gasteiger partial charge in [0.25, 0.3) is 0 Å². The number of anilines is 1. The molecule has 0 fully saturated rings. The standard InChI is InChI=1S/C16H13F6N5OS/c1-9-12(29-26-24-9)7-28-8-23-10-2-4-11(5-3-10)27-14(16(20,21)22)6-13(25-27)15(17,18)19/h2-6,23H,7-8H2,1H3. The van der Waals surface area contributed by atoms with Gasteiger partial charge in [-0.25, -0.2) is 4.68 Å². The lowest BCUT2D eigenvalue weighted by molar-refractivity contribution is -0.143. The molecule has 0 aliphatic rings. The topological polar surface area (TPSA) is 64.9 Å². The maximum absolute atomic E-state index is 13.1. The third-order valence-corrected chi connectivity index (χ3v) is 4.56. The van der Waals surface area contributed by atoms with Gasteiger partial charge < -0.3 is 10.1 Å². The summed E-state index contributed by atoms with van der Waals surface area (Å²) in [5.41, 5.74) is -2.02. The van der Waals surface area contributed by atoms with Crippen molar-refractivity contribution in [2.24, 2.45) is 0 Å². The molecule has 2 heterocycles. The Labute approximate surface area is 164 Å². The van der Waals surface area contributed by atoms with E-state index in [-0.39, 0.29) is 29.8 Å². The summed E-state index contributed by atoms with van der Waals surface area (Å²) in [5.74, 6) is 0. The molecule has 6 nitrogen and oxygen atoms in total. The highest BCUT2D eigenvalue weighted by Crippen LogP contribution is 2.36. The van der Waals surface area contributed by atoms with Crippen LogP contribution in [0.2, 0.25) is 0 Å². The highest BCUT2D eigenvalue weighted by atomic mass is 32.1. The number of rotatable bonds is 6. The molecule has 0 saturated carbocycles. The van der Waals surface area contributed by atoms with Crippen molar-refractivity contribution < 1.29 is 31.1 Å². The molecule has 0 spiro atoms. The molecule has 0 aliphatic carbocycles. The van der Waals surface area contributed by atoms with E-state index in [0.717, 1.165) is 10.6 Å². The Bertz CT molecular complexity index is 964. The molecule has 0 radical (unpaired) electrons. The van der Waals surface area contributed by atoms with Crippen LogP contribution < -0.4 is 5.32 Å². The predicted octanol–water partition coefficient (Wildman–Crippen LogP) is 4.66. The summed E-state index contributed by atoms with van der Waals surface area (Å²) in [6, 6.07) is 5.25. The zero-order valence-corrected chi connectivity index (χ0v) is 15.5. The molecule has 0 aliphatic heterocycles. The van der Waals surface area contributed by atoms with Gasteiger partial charge in [0.2, 0.25) is 0 Å². The average molecular weight is 437 g/mol. The molecule has 29 heavy (non-hydrogen) atoms. The predicted molar refractivity (Wildman–Crippen MR) is 91.5 cm³/mol. The number of nitrogens with one attached hydrogen (secondary N) is 1. The molecule has 1 N–H and O–H groups in total. The van der Waals surface area contributed by atoms with E-state index in [2.05, 4.69) is 20.0 Å². The smallest absolute Gasteiger partial charge is 0.363 e. The lowest BCUT2D eigenvalue weighted by atomic mass is 10.2. The number of hydrogen-bond donors (Lipinski definition) is 1. The molecule has 3 aromatic rings. The summed E-state index contributed by atoms with van der Waals surface area (Å²) in [6.45, 7) is 2.19. The first-order valence-electron chi connectivity index (χ1n) is 8.00. The number of halogens is 6. The minimum absolute atomic E-state index is 0.0176. The lowest BCUT2D eigenvalue weighted by Crippen LogP contribution is -2.13. The molecular weight excluding hydrogens is 424 g/mol. The fourth-order valence-electron chi connectivity index (χ4n) is 2.30. The second kappa shape index (κ2) is 7.99. The maximum atomic E-state index is 13.1. The van der Waals surface area contributed by atoms with Crippen LogP contribution in [-0.4, -0.2) is 26.1 Å². The van der Waals surface area contributed by atoms with Crippen LogP contribution in [0.3, 0.4) is 0 Å². The van der Waals surface area contributed by atoms with Gasteiger partial charge in [0.15, 0.2) is 5.69 Å². The van der Waals surface area contributed by atoms with Gasteiger partial charge >= 0.3 is 12.4 Å². The third kappa shape index (κ3) is 5.03. The molecule has 1 aromatic carbocycles. The van der Waals surface area contributed by atoms with Gasteiger partial charge in [0.1, 0.15) is 12.4 Å². The quantitative estimate of drug-likeness (QED) is 0.345. The van der Waals surface area contributed by atoms with Gasteiger partial charge in [-0.3, -0.25) is 0 Å². The van der Waals surface area contributed by atoms with Crippen molar-refractivity contribution in [3.05, 3.63) is 52.3 Å². The zero-order valence-electron chi connectivity index (χ0n) is 14.7. The molecule has 0 atom stereocenters. The first-order chi connectivity index (χ1) is 13.6. The summed E-state index contributed by atoms with van der Waals surface area (Å²) in [6.07, 6.45) is -9.99. The Balaban J connectivity index is 1.69. The summed E-state index contributed by atoms with van der Waals surface area (Å²) in [4.78, 5) is 0.862. The van der Waals surface area contributed by atoms with Gasteiger partial charge in [-0.05, 0) is 42.7 Å². The number of ether oxygens (including phenoxy) is 1. The van der Waals surface area contributed by atoms with E-state index in [9.17, 15) is 26.3 Å². The monoisotopic (exact) mass is 437 g/mol. The molecule has 0 unspecified atom stereocenters. The molecule has 3 rings (SSSR count). The largest absolute Gasteiger partial charge is 0.435 e. The van der Waals surface area contributed by atoms with Crippen molar-refractivity contribution in [3.63, 3.8) is 0 Å². The van der Waals surface area contributed by atoms with Gasteiger partial charge in [0, 0.05) is 11.8 Å². The average Bonchev–Trinajstić information content (AvgIpc) is 3.25. The minimum atomic E-state index is -5.00. The number of alkyl halides is 6. The van der Waals surface area contributed by atoms with E-state index in [4.69, 9.17) is 4.74 Å². The fourth-order valence-corrected chi connectivity index (χ4v) is 2.87. The van der Waals surface area contributed by atoms with Gasteiger partial charge in [-0.1, -0.05) is 4.49 Å². The Morgan fingerprint density at radius 3 is 2.31 bits per heavy atom. The van der Waals surface area contributed by atoms with Crippen molar-refractivity contribution in [2.45, 2.75) is 25.9 Å². The van der Waals surface area contributed by atoms with Crippen molar-refractivity contribution >= 4 is 17.2 Å². The molecular formula is C16H13F6N5OS. The van der Waals surface area contributed by atoms with Crippen molar-refractivity contribution in [3.8, 4) is 5.69 Å². The second-order valence-corrected chi connectivity index (χ2v) is 6.66. The number of aromatic nitrogens is 4. The molecule has 0 saturated heterocycles. The van der Waals surface area contributed by atoms with E-state index >= 15 is 0 Å². The summed E-state index contributed by atoms with van der Waals surface area (Å²) in [7, 11) is 0. The van der Waals surface area contributed by atoms with Crippen LogP contribution >= 0.6 is 11.5 Å². The van der Waals surface area contributed by atoms with Crippen molar-refractivity contribution in [2.75, 3.05) is 12.0 Å². The van der Waals surface area contributed by atoms with Crippen LogP contribution in [0.5, 0.6) is 0 Å². The molecule has 2 aromatic heterocycles. The van der Waals surface area contributed by atoms with Gasteiger partial charge in [-0.2, -0.15) is 31.4 Å². The number of nitrogens with zero attached hydrogens (tertiary/aromatic N) is 4. The van der Waals surface area contributed by atoms with E-state index < -0.39 is 23.7 Å². The van der Waals surface area contributed by atoms with E-state index in [1.165, 1.54) is 35.8 Å². The number of hydrogen-bond acceptors (Lipinski definition) is 6. The Hall–Kier alpha value is -2.67. The Morgan fingerprint density at radius 2 is 1.76 bits per heavy atom. The molecule has 13 heteroatoms. The zero-order chi connectivity index (χ0) is 21.2. The highest BCUT2D eigenvalue weighted by molar-refractivity contribution is 7.05. The van der Waals surface area contributed by atoms with E-state index in [1.807, 2.05) is 0 Å². The van der Waals surface area contributed by atoms with Gasteiger partial charge in [-0.15, -0.1) is 5.10 Å². The first kappa shape index (κ1) is 21.0. The van der Waals surface area contributed by atoms with Crippen molar-refractivity contribution in [1.29, 1.82) is 0 Å². The maximum Gasteiger partial charge on any atom is 0.435 e. The third-order valence-electron chi connectivity index (χ3n) is 3.76. The lowest BCUT2D eigenvalue weighted by Gasteiger charge is -2.11. The van der Waals surface area contributed by atoms with Crippen LogP contribution in [0, 0.1) is 6.92 Å². The van der Waals surface area contributed by atoms with Crippen LogP contribution in [0.1, 0.15) is 22.0 Å². The van der Waals surface area contributed by atoms with Crippen molar-refractivity contribution in [1.82, 2.24) is 19.4 Å². The van der Waals surface area contributed by atoms with Crippen LogP contribution in [0.4, 0.5) is 32.0 Å². The Morgan fingerprint density at radius 1 is 1.07 bits per heavy atom. The normalized spacial score (nSPS) is 12.4. The molecule has 156 valence electrons. The highest BCUT2D eigenvalue weighted by Gasteiger charge is 2.42. The fraction of sp³-hybridized carbons (Fsp3) is 0.312. The molecule has 0 amide bonds. The van der Waals surface area contributed by atoms with Gasteiger partial charge in [0.05, 0.1) is 22.9 Å². The van der Waals surface area contributed by atoms with Crippen LogP contribution in [0.25, 0.3) is 5.69 Å². The Kier molecular flexibility index (Phi) is 5.80. The van der Waals surface area contributed by atoms with Crippen LogP contribution in [0.15, 0.2) is 30.3 Å². The first-order valence-corrected chi connectivity index (χ1v) is 8.77. The van der Waals surface area contributed by atoms with E-state index in [0.29, 0.717) is 5.69 Å². The summed E-state index contributed by atoms with van der Waals surface area (Å²) >= 11 is 1.21. The second-order valence-electron chi connectivity index (χ2n) is 5.82. The van der Waals surface area contributed by atoms with E-state index in [1.54, 1.807) is 6.92 Å². The SMILES string of the molecule is Cc1nnsc1COCNc1ccc(-n2nc(C(F)(F)F)cc2C(F)(F)F)cc1. The van der Waals surface area contributed by atoms with Crippen LogP contribution in [-0.2, 0) is 23.7 Å². The summed E-state index contributed by atoms with van der Waals surface area (Å²) in [5, 5.41) is 9.81. The number of aryl methyl sites for hydroxylation is 1. The minimum Gasteiger partial charge on any atom is -0.363 e.